The summed E-state index contributed by atoms with van der Waals surface area (Å²) < 4.78 is 17.2. The van der Waals surface area contributed by atoms with Gasteiger partial charge in [0.25, 0.3) is 0 Å². The third-order valence-electron chi connectivity index (χ3n) is 5.93. The molecule has 0 aliphatic carbocycles. The van der Waals surface area contributed by atoms with Gasteiger partial charge in [0, 0.05) is 25.8 Å². The normalized spacial score (nSPS) is 10.6. The van der Waals surface area contributed by atoms with Gasteiger partial charge in [-0.3, -0.25) is 4.79 Å². The minimum atomic E-state index is -0.153. The second-order valence-corrected chi connectivity index (χ2v) is 9.18. The van der Waals surface area contributed by atoms with Gasteiger partial charge in [0.05, 0.1) is 19.6 Å². The van der Waals surface area contributed by atoms with Crippen molar-refractivity contribution in [1.82, 2.24) is 0 Å². The van der Waals surface area contributed by atoms with Crippen LogP contribution in [0.15, 0.2) is 78.9 Å². The summed E-state index contributed by atoms with van der Waals surface area (Å²) in [5.74, 6) is 1.51. The van der Waals surface area contributed by atoms with Crippen molar-refractivity contribution in [2.24, 2.45) is 0 Å². The fourth-order valence-electron chi connectivity index (χ4n) is 3.81. The van der Waals surface area contributed by atoms with E-state index in [9.17, 15) is 4.79 Å². The maximum Gasteiger partial charge on any atom is 0.310 e. The Hall–Kier alpha value is -3.47. The maximum atomic E-state index is 12.0. The van der Waals surface area contributed by atoms with Crippen molar-refractivity contribution in [2.45, 2.75) is 51.6 Å². The molecule has 0 aromatic heterocycles. The van der Waals surface area contributed by atoms with Crippen LogP contribution in [0.1, 0.15) is 49.7 Å². The van der Waals surface area contributed by atoms with Gasteiger partial charge in [0.15, 0.2) is 0 Å². The first kappa shape index (κ1) is 27.1. The second-order valence-electron chi connectivity index (χ2n) is 9.18. The molecule has 0 spiro atoms. The van der Waals surface area contributed by atoms with Crippen molar-refractivity contribution < 1.29 is 19.0 Å². The number of unbranched alkanes of at least 4 members (excludes halogenated alkanes) is 5. The number of carbonyl (C=O) groups is 1. The van der Waals surface area contributed by atoms with Crippen LogP contribution in [0.25, 0.3) is 0 Å². The van der Waals surface area contributed by atoms with Crippen molar-refractivity contribution in [2.75, 3.05) is 32.2 Å². The molecule has 0 heterocycles. The average Bonchev–Trinajstić information content (AvgIpc) is 2.89. The number of nitrogens with zero attached hydrogens (tertiary/aromatic N) is 1. The van der Waals surface area contributed by atoms with Crippen molar-refractivity contribution in [3.05, 3.63) is 90.0 Å². The van der Waals surface area contributed by atoms with Crippen LogP contribution in [0.5, 0.6) is 11.5 Å². The minimum Gasteiger partial charge on any atom is -0.493 e. The molecule has 0 bridgehead atoms. The zero-order valence-corrected chi connectivity index (χ0v) is 21.7. The number of esters is 1. The van der Waals surface area contributed by atoms with E-state index in [4.69, 9.17) is 14.2 Å². The van der Waals surface area contributed by atoms with Gasteiger partial charge in [-0.05, 0) is 48.2 Å². The van der Waals surface area contributed by atoms with Crippen LogP contribution in [-0.4, -0.2) is 33.3 Å². The summed E-state index contributed by atoms with van der Waals surface area (Å²) in [5, 5.41) is 0. The molecule has 0 saturated heterocycles. The Balaban J connectivity index is 1.17. The van der Waals surface area contributed by atoms with Gasteiger partial charge in [-0.25, -0.2) is 0 Å². The highest BCUT2D eigenvalue weighted by molar-refractivity contribution is 5.72. The highest BCUT2D eigenvalue weighted by Crippen LogP contribution is 2.21. The second kappa shape index (κ2) is 15.5. The predicted octanol–water partition coefficient (Wildman–Crippen LogP) is 6.84. The molecule has 3 aromatic rings. The van der Waals surface area contributed by atoms with Gasteiger partial charge in [0.2, 0.25) is 0 Å². The van der Waals surface area contributed by atoms with Crippen LogP contribution in [0, 0.1) is 0 Å². The first-order chi connectivity index (χ1) is 17.6. The standard InChI is InChI=1S/C31H39NO4/c1-32(2)28-19-17-26(18-20-28)23-31(33)35-22-11-6-4-3-5-10-21-34-29-15-12-16-30(24-29)36-25-27-13-8-7-9-14-27/h7-9,12-20,24H,3-6,10-11,21-23,25H2,1-2H3. The van der Waals surface area contributed by atoms with Crippen LogP contribution in [-0.2, 0) is 22.6 Å². The lowest BCUT2D eigenvalue weighted by Crippen LogP contribution is -2.10. The number of rotatable bonds is 16. The summed E-state index contributed by atoms with van der Waals surface area (Å²) >= 11 is 0. The van der Waals surface area contributed by atoms with Crippen LogP contribution in [0.2, 0.25) is 0 Å². The molecule has 0 aliphatic heterocycles. The predicted molar refractivity (Wildman–Crippen MR) is 146 cm³/mol. The molecule has 0 fully saturated rings. The molecule has 3 rings (SSSR count). The van der Waals surface area contributed by atoms with Crippen molar-refractivity contribution in [3.8, 4) is 11.5 Å². The van der Waals surface area contributed by atoms with E-state index in [0.29, 0.717) is 26.2 Å². The van der Waals surface area contributed by atoms with Gasteiger partial charge in [0.1, 0.15) is 18.1 Å². The summed E-state index contributed by atoms with van der Waals surface area (Å²) in [5.41, 5.74) is 3.25. The monoisotopic (exact) mass is 489 g/mol. The molecule has 5 nitrogen and oxygen atoms in total. The minimum absolute atomic E-state index is 0.153. The zero-order chi connectivity index (χ0) is 25.4. The Bertz CT molecular complexity index is 1020. The van der Waals surface area contributed by atoms with Crippen LogP contribution < -0.4 is 14.4 Å². The van der Waals surface area contributed by atoms with Crippen molar-refractivity contribution >= 4 is 11.7 Å². The van der Waals surface area contributed by atoms with E-state index in [-0.39, 0.29) is 5.97 Å². The number of carbonyl (C=O) groups excluding carboxylic acids is 1. The third-order valence-corrected chi connectivity index (χ3v) is 5.93. The molecule has 192 valence electrons. The molecule has 0 saturated carbocycles. The van der Waals surface area contributed by atoms with Gasteiger partial charge < -0.3 is 19.1 Å². The molecular formula is C31H39NO4. The fourth-order valence-corrected chi connectivity index (χ4v) is 3.81. The largest absolute Gasteiger partial charge is 0.493 e. The summed E-state index contributed by atoms with van der Waals surface area (Å²) in [6.07, 6.45) is 6.78. The van der Waals surface area contributed by atoms with E-state index in [1.54, 1.807) is 0 Å². The maximum absolute atomic E-state index is 12.0. The smallest absolute Gasteiger partial charge is 0.310 e. The summed E-state index contributed by atoms with van der Waals surface area (Å²) in [4.78, 5) is 14.1. The Morgan fingerprint density at radius 1 is 0.667 bits per heavy atom. The third kappa shape index (κ3) is 10.4. The number of hydrogen-bond donors (Lipinski definition) is 0. The topological polar surface area (TPSA) is 48.0 Å². The molecular weight excluding hydrogens is 450 g/mol. The molecule has 5 heteroatoms. The molecule has 0 N–H and O–H groups in total. The molecule has 0 amide bonds. The van der Waals surface area contributed by atoms with E-state index in [1.165, 1.54) is 0 Å². The summed E-state index contributed by atoms with van der Waals surface area (Å²) in [7, 11) is 4.00. The SMILES string of the molecule is CN(C)c1ccc(CC(=O)OCCCCCCCCOc2cccc(OCc3ccccc3)c2)cc1. The highest BCUT2D eigenvalue weighted by Gasteiger charge is 2.05. The number of hydrogen-bond acceptors (Lipinski definition) is 5. The molecule has 0 radical (unpaired) electrons. The van der Waals surface area contributed by atoms with Crippen molar-refractivity contribution in [3.63, 3.8) is 0 Å². The Kier molecular flexibility index (Phi) is 11.7. The highest BCUT2D eigenvalue weighted by atomic mass is 16.5. The van der Waals surface area contributed by atoms with Crippen molar-refractivity contribution in [1.29, 1.82) is 0 Å². The first-order valence-electron chi connectivity index (χ1n) is 12.9. The Morgan fingerprint density at radius 3 is 2.00 bits per heavy atom. The number of ether oxygens (including phenoxy) is 3. The van der Waals surface area contributed by atoms with Crippen LogP contribution in [0.4, 0.5) is 5.69 Å². The van der Waals surface area contributed by atoms with Gasteiger partial charge >= 0.3 is 5.97 Å². The summed E-state index contributed by atoms with van der Waals surface area (Å²) in [6.45, 7) is 1.75. The van der Waals surface area contributed by atoms with E-state index in [2.05, 4.69) is 12.1 Å². The fraction of sp³-hybridized carbons (Fsp3) is 0.387. The van der Waals surface area contributed by atoms with Gasteiger partial charge in [-0.15, -0.1) is 0 Å². The van der Waals surface area contributed by atoms with Gasteiger partial charge in [-0.2, -0.15) is 0 Å². The Labute approximate surface area is 216 Å². The van der Waals surface area contributed by atoms with Crippen LogP contribution >= 0.6 is 0 Å². The number of benzene rings is 3. The van der Waals surface area contributed by atoms with Crippen LogP contribution in [0.3, 0.4) is 0 Å². The zero-order valence-electron chi connectivity index (χ0n) is 21.7. The lowest BCUT2D eigenvalue weighted by atomic mass is 10.1. The van der Waals surface area contributed by atoms with E-state index in [1.807, 2.05) is 85.7 Å². The first-order valence-corrected chi connectivity index (χ1v) is 12.9. The van der Waals surface area contributed by atoms with E-state index < -0.39 is 0 Å². The molecule has 0 atom stereocenters. The lowest BCUT2D eigenvalue weighted by Gasteiger charge is -2.12. The lowest BCUT2D eigenvalue weighted by molar-refractivity contribution is -0.142. The average molecular weight is 490 g/mol. The molecule has 0 unspecified atom stereocenters. The molecule has 36 heavy (non-hydrogen) atoms. The Morgan fingerprint density at radius 2 is 1.31 bits per heavy atom. The van der Waals surface area contributed by atoms with Gasteiger partial charge in [-0.1, -0.05) is 74.2 Å². The number of anilines is 1. The quantitative estimate of drug-likeness (QED) is 0.163. The van der Waals surface area contributed by atoms with E-state index >= 15 is 0 Å². The molecule has 0 aliphatic rings. The van der Waals surface area contributed by atoms with E-state index in [0.717, 1.165) is 66.8 Å². The molecule has 3 aromatic carbocycles. The summed E-state index contributed by atoms with van der Waals surface area (Å²) in [6, 6.07) is 26.0.